The molecule has 0 atom stereocenters. The first-order chi connectivity index (χ1) is 19.1. The number of aromatic nitrogens is 5. The molecule has 0 N–H and O–H groups in total. The van der Waals surface area contributed by atoms with E-state index in [2.05, 4.69) is 28.4 Å². The van der Waals surface area contributed by atoms with Crippen molar-refractivity contribution in [1.29, 1.82) is 0 Å². The Labute approximate surface area is 230 Å². The van der Waals surface area contributed by atoms with E-state index in [-0.39, 0.29) is 11.0 Å². The molecule has 3 aromatic heterocycles. The van der Waals surface area contributed by atoms with Crippen molar-refractivity contribution in [3.63, 3.8) is 0 Å². The maximum absolute atomic E-state index is 13.4. The smallest absolute Gasteiger partial charge is 0.266 e. The van der Waals surface area contributed by atoms with Gasteiger partial charge in [0.05, 0.1) is 15.9 Å². The zero-order chi connectivity index (χ0) is 26.0. The summed E-state index contributed by atoms with van der Waals surface area (Å²) in [5, 5.41) is 9.74. The molecule has 0 unspecified atom stereocenters. The molecule has 4 aliphatic carbocycles. The molecule has 4 saturated carbocycles. The number of hydrogen-bond acceptors (Lipinski definition) is 5. The van der Waals surface area contributed by atoms with Crippen LogP contribution in [0.25, 0.3) is 28.9 Å². The van der Waals surface area contributed by atoms with E-state index < -0.39 is 0 Å². The standard InChI is InChI=1S/C32H29N5OS/c38-30-27(39-31-33-28(34-37(30)31)12-11-21-7-3-1-4-8-21)16-25-20-36(26-9-5-2-6-10-26)35-29(25)32-17-22-13-23(18-32)15-24(14-22)19-32/h1-12,16,20,22-24H,13-15,17-19H2/b12-11+,27-16-. The van der Waals surface area contributed by atoms with Crippen LogP contribution in [0.2, 0.25) is 0 Å². The summed E-state index contributed by atoms with van der Waals surface area (Å²) in [6.45, 7) is 0. The molecular weight excluding hydrogens is 502 g/mol. The lowest BCUT2D eigenvalue weighted by Crippen LogP contribution is -2.49. The Kier molecular flexibility index (Phi) is 5.24. The summed E-state index contributed by atoms with van der Waals surface area (Å²) in [6.07, 6.45) is 15.8. The second kappa shape index (κ2) is 8.85. The zero-order valence-electron chi connectivity index (χ0n) is 21.6. The third kappa shape index (κ3) is 3.98. The van der Waals surface area contributed by atoms with Crippen molar-refractivity contribution in [3.05, 3.63) is 104 Å². The van der Waals surface area contributed by atoms with Gasteiger partial charge in [-0.15, -0.1) is 5.10 Å². The fourth-order valence-electron chi connectivity index (χ4n) is 7.81. The van der Waals surface area contributed by atoms with E-state index in [1.165, 1.54) is 60.1 Å². The average molecular weight is 532 g/mol. The average Bonchev–Trinajstić information content (AvgIpc) is 3.63. The first-order valence-corrected chi connectivity index (χ1v) is 14.7. The van der Waals surface area contributed by atoms with Crippen LogP contribution in [0.15, 0.2) is 71.7 Å². The fourth-order valence-corrected chi connectivity index (χ4v) is 8.72. The van der Waals surface area contributed by atoms with Crippen molar-refractivity contribution >= 4 is 34.5 Å². The minimum absolute atomic E-state index is 0.120. The van der Waals surface area contributed by atoms with Crippen molar-refractivity contribution in [2.24, 2.45) is 17.8 Å². The first-order valence-electron chi connectivity index (χ1n) is 13.9. The van der Waals surface area contributed by atoms with Gasteiger partial charge in [0.25, 0.3) is 5.56 Å². The van der Waals surface area contributed by atoms with Gasteiger partial charge in [-0.25, -0.2) is 4.68 Å². The summed E-state index contributed by atoms with van der Waals surface area (Å²) in [5.74, 6) is 2.99. The van der Waals surface area contributed by atoms with E-state index in [1.54, 1.807) is 0 Å². The molecule has 0 aliphatic heterocycles. The molecule has 4 bridgehead atoms. The highest BCUT2D eigenvalue weighted by atomic mass is 32.1. The largest absolute Gasteiger partial charge is 0.291 e. The lowest BCUT2D eigenvalue weighted by atomic mass is 9.48. The van der Waals surface area contributed by atoms with Gasteiger partial charge in [-0.1, -0.05) is 65.9 Å². The van der Waals surface area contributed by atoms with Crippen molar-refractivity contribution in [2.45, 2.75) is 43.9 Å². The summed E-state index contributed by atoms with van der Waals surface area (Å²) >= 11 is 1.40. The van der Waals surface area contributed by atoms with E-state index in [0.29, 0.717) is 15.3 Å². The van der Waals surface area contributed by atoms with Gasteiger partial charge in [-0.05, 0) is 86.1 Å². The molecule has 3 heterocycles. The van der Waals surface area contributed by atoms with Crippen LogP contribution in [0, 0.1) is 17.8 Å². The predicted molar refractivity (Wildman–Crippen MR) is 155 cm³/mol. The Morgan fingerprint density at radius 1 is 0.846 bits per heavy atom. The van der Waals surface area contributed by atoms with Crippen molar-refractivity contribution in [2.75, 3.05) is 0 Å². The summed E-state index contributed by atoms with van der Waals surface area (Å²) in [4.78, 5) is 18.7. The van der Waals surface area contributed by atoms with E-state index in [1.807, 2.05) is 71.4 Å². The van der Waals surface area contributed by atoms with Crippen LogP contribution in [-0.2, 0) is 5.41 Å². The summed E-state index contributed by atoms with van der Waals surface area (Å²) in [6, 6.07) is 20.3. The van der Waals surface area contributed by atoms with Gasteiger partial charge < -0.3 is 0 Å². The molecule has 6 nitrogen and oxygen atoms in total. The molecule has 0 amide bonds. The fraction of sp³-hybridized carbons (Fsp3) is 0.312. The Morgan fingerprint density at radius 3 is 2.18 bits per heavy atom. The first kappa shape index (κ1) is 23.1. The minimum Gasteiger partial charge on any atom is -0.266 e. The third-order valence-electron chi connectivity index (χ3n) is 9.01. The van der Waals surface area contributed by atoms with Crippen molar-refractivity contribution < 1.29 is 0 Å². The Hall–Kier alpha value is -3.84. The third-order valence-corrected chi connectivity index (χ3v) is 9.97. The normalized spacial score (nSPS) is 26.4. The molecule has 0 saturated heterocycles. The lowest BCUT2D eigenvalue weighted by molar-refractivity contribution is -0.00743. The van der Waals surface area contributed by atoms with Gasteiger partial charge >= 0.3 is 0 Å². The molecular formula is C32H29N5OS. The van der Waals surface area contributed by atoms with E-state index in [0.717, 1.165) is 34.6 Å². The zero-order valence-corrected chi connectivity index (χ0v) is 22.4. The van der Waals surface area contributed by atoms with Crippen LogP contribution in [0.5, 0.6) is 0 Å². The second-order valence-electron chi connectivity index (χ2n) is 11.7. The molecule has 0 spiro atoms. The van der Waals surface area contributed by atoms with Crippen molar-refractivity contribution in [3.8, 4) is 5.69 Å². The summed E-state index contributed by atoms with van der Waals surface area (Å²) in [7, 11) is 0. The van der Waals surface area contributed by atoms with E-state index >= 15 is 0 Å². The number of hydrogen-bond donors (Lipinski definition) is 0. The maximum Gasteiger partial charge on any atom is 0.291 e. The Balaban J connectivity index is 1.21. The van der Waals surface area contributed by atoms with Crippen LogP contribution in [0.4, 0.5) is 0 Å². The van der Waals surface area contributed by atoms with Crippen LogP contribution < -0.4 is 10.1 Å². The number of fused-ring (bicyclic) bond motifs is 1. The molecule has 2 aromatic carbocycles. The molecule has 39 heavy (non-hydrogen) atoms. The highest BCUT2D eigenvalue weighted by Gasteiger charge is 2.53. The quantitative estimate of drug-likeness (QED) is 0.300. The molecule has 9 rings (SSSR count). The highest BCUT2D eigenvalue weighted by molar-refractivity contribution is 7.15. The van der Waals surface area contributed by atoms with Gasteiger partial charge in [0.15, 0.2) is 5.82 Å². The van der Waals surface area contributed by atoms with Gasteiger partial charge in [0, 0.05) is 17.2 Å². The summed E-state index contributed by atoms with van der Waals surface area (Å²) < 4.78 is 4.10. The number of benzene rings is 2. The SMILES string of the molecule is O=c1/c(=C/c2cn(-c3ccccc3)nc2C23CC4CC(CC(C4)C2)C3)sc2nc(/C=C/c3ccccc3)nn12. The van der Waals surface area contributed by atoms with Gasteiger partial charge in [0.2, 0.25) is 4.96 Å². The number of thiazole rings is 1. The monoisotopic (exact) mass is 531 g/mol. The second-order valence-corrected chi connectivity index (χ2v) is 12.7. The molecule has 4 aliphatic rings. The van der Waals surface area contributed by atoms with Gasteiger partial charge in [-0.2, -0.15) is 14.6 Å². The predicted octanol–water partition coefficient (Wildman–Crippen LogP) is 5.52. The number of rotatable bonds is 5. The van der Waals surface area contributed by atoms with Crippen LogP contribution in [0.3, 0.4) is 0 Å². The molecule has 5 aromatic rings. The van der Waals surface area contributed by atoms with Gasteiger partial charge in [-0.3, -0.25) is 4.79 Å². The minimum atomic E-state index is -0.120. The van der Waals surface area contributed by atoms with Crippen LogP contribution in [-0.4, -0.2) is 24.4 Å². The molecule has 7 heteroatoms. The van der Waals surface area contributed by atoms with Crippen LogP contribution in [0.1, 0.15) is 61.2 Å². The summed E-state index contributed by atoms with van der Waals surface area (Å²) in [5.41, 5.74) is 4.35. The number of para-hydroxylation sites is 1. The van der Waals surface area contributed by atoms with Crippen LogP contribution >= 0.6 is 11.3 Å². The van der Waals surface area contributed by atoms with Crippen molar-refractivity contribution in [1.82, 2.24) is 24.4 Å². The highest BCUT2D eigenvalue weighted by Crippen LogP contribution is 2.61. The lowest BCUT2D eigenvalue weighted by Gasteiger charge is -2.56. The molecule has 4 fully saturated rings. The number of nitrogens with zero attached hydrogens (tertiary/aromatic N) is 5. The van der Waals surface area contributed by atoms with Gasteiger partial charge in [0.1, 0.15) is 0 Å². The molecule has 0 radical (unpaired) electrons. The van der Waals surface area contributed by atoms with E-state index in [4.69, 9.17) is 5.10 Å². The Morgan fingerprint density at radius 2 is 1.51 bits per heavy atom. The topological polar surface area (TPSA) is 65.1 Å². The Bertz CT molecular complexity index is 1780. The maximum atomic E-state index is 13.4. The molecule has 194 valence electrons. The van der Waals surface area contributed by atoms with E-state index in [9.17, 15) is 4.79 Å².